The van der Waals surface area contributed by atoms with Gasteiger partial charge >= 0.3 is 5.97 Å². The third-order valence-electron chi connectivity index (χ3n) is 5.04. The van der Waals surface area contributed by atoms with Gasteiger partial charge in [-0.2, -0.15) is 0 Å². The molecule has 2 atom stereocenters. The first-order valence-electron chi connectivity index (χ1n) is 9.99. The van der Waals surface area contributed by atoms with Gasteiger partial charge in [0.2, 0.25) is 0 Å². The number of nitrogens with zero attached hydrogens (tertiary/aromatic N) is 1. The fraction of sp³-hybridized carbons (Fsp3) is 0.261. The topological polar surface area (TPSA) is 84.9 Å². The summed E-state index contributed by atoms with van der Waals surface area (Å²) in [7, 11) is 0. The van der Waals surface area contributed by atoms with Gasteiger partial charge in [0.05, 0.1) is 0 Å². The third-order valence-corrected chi connectivity index (χ3v) is 6.71. The number of hydrogen-bond donors (Lipinski definition) is 1. The normalized spacial score (nSPS) is 19.7. The van der Waals surface area contributed by atoms with Gasteiger partial charge in [0.15, 0.2) is 6.61 Å². The summed E-state index contributed by atoms with van der Waals surface area (Å²) in [5, 5.41) is 2.31. The van der Waals surface area contributed by atoms with E-state index in [2.05, 4.69) is 5.32 Å². The molecule has 0 saturated carbocycles. The number of carbonyl (C=O) groups is 3. The van der Waals surface area contributed by atoms with Crippen molar-refractivity contribution in [1.82, 2.24) is 10.2 Å². The lowest BCUT2D eigenvalue weighted by atomic mass is 10.0. The summed E-state index contributed by atoms with van der Waals surface area (Å²) in [6.45, 7) is -0.116. The van der Waals surface area contributed by atoms with Crippen LogP contribution in [0.1, 0.15) is 5.56 Å². The Hall–Kier alpha value is -2.97. The number of ether oxygens (including phenoxy) is 2. The van der Waals surface area contributed by atoms with E-state index in [-0.39, 0.29) is 30.7 Å². The van der Waals surface area contributed by atoms with Crippen molar-refractivity contribution < 1.29 is 23.9 Å². The smallest absolute Gasteiger partial charge is 0.355 e. The summed E-state index contributed by atoms with van der Waals surface area (Å²) >= 11 is 7.49. The summed E-state index contributed by atoms with van der Waals surface area (Å²) in [5.74, 6) is -0.228. The molecule has 2 aromatic rings. The van der Waals surface area contributed by atoms with Crippen molar-refractivity contribution in [3.8, 4) is 5.75 Å². The highest BCUT2D eigenvalue weighted by atomic mass is 35.5. The molecule has 0 aromatic heterocycles. The number of alkyl halides is 1. The van der Waals surface area contributed by atoms with Crippen molar-refractivity contribution in [3.05, 3.63) is 77.5 Å². The first-order chi connectivity index (χ1) is 15.6. The Bertz CT molecular complexity index is 1030. The number of hydrogen-bond acceptors (Lipinski definition) is 6. The summed E-state index contributed by atoms with van der Waals surface area (Å²) in [4.78, 5) is 39.3. The highest BCUT2D eigenvalue weighted by molar-refractivity contribution is 8.00. The first kappa shape index (κ1) is 22.2. The summed E-state index contributed by atoms with van der Waals surface area (Å²) in [5.41, 5.74) is 1.65. The average molecular weight is 473 g/mol. The van der Waals surface area contributed by atoms with Crippen molar-refractivity contribution >= 4 is 41.1 Å². The Morgan fingerprint density at radius 2 is 1.78 bits per heavy atom. The number of rotatable bonds is 8. The van der Waals surface area contributed by atoms with Crippen LogP contribution in [0.15, 0.2) is 71.9 Å². The molecule has 166 valence electrons. The van der Waals surface area contributed by atoms with Crippen LogP contribution in [0, 0.1) is 0 Å². The lowest BCUT2D eigenvalue weighted by Gasteiger charge is -2.49. The van der Waals surface area contributed by atoms with E-state index in [0.717, 1.165) is 5.56 Å². The average Bonchev–Trinajstić information content (AvgIpc) is 2.84. The number of para-hydroxylation sites is 1. The second kappa shape index (κ2) is 10.1. The number of benzene rings is 2. The molecule has 32 heavy (non-hydrogen) atoms. The van der Waals surface area contributed by atoms with Gasteiger partial charge in [-0.3, -0.25) is 14.5 Å². The molecule has 0 radical (unpaired) electrons. The van der Waals surface area contributed by atoms with Gasteiger partial charge in [-0.05, 0) is 23.3 Å². The molecule has 2 heterocycles. The Kier molecular flexibility index (Phi) is 7.02. The van der Waals surface area contributed by atoms with Gasteiger partial charge in [0.1, 0.15) is 29.5 Å². The molecule has 1 N–H and O–H groups in total. The summed E-state index contributed by atoms with van der Waals surface area (Å²) in [6.07, 6.45) is 0. The van der Waals surface area contributed by atoms with Gasteiger partial charge in [-0.25, -0.2) is 4.79 Å². The minimum absolute atomic E-state index is 0.0928. The predicted octanol–water partition coefficient (Wildman–Crippen LogP) is 2.70. The van der Waals surface area contributed by atoms with Crippen molar-refractivity contribution in [3.63, 3.8) is 0 Å². The van der Waals surface area contributed by atoms with Gasteiger partial charge < -0.3 is 14.8 Å². The molecule has 7 nitrogen and oxygen atoms in total. The zero-order chi connectivity index (χ0) is 22.5. The van der Waals surface area contributed by atoms with E-state index < -0.39 is 23.3 Å². The van der Waals surface area contributed by atoms with E-state index in [9.17, 15) is 14.4 Å². The zero-order valence-electron chi connectivity index (χ0n) is 17.0. The van der Waals surface area contributed by atoms with Gasteiger partial charge in [-0.1, -0.05) is 48.5 Å². The number of amides is 2. The van der Waals surface area contributed by atoms with E-state index in [1.165, 1.54) is 16.7 Å². The number of thioether (sulfide) groups is 1. The molecular formula is C23H21ClN2O5S. The van der Waals surface area contributed by atoms with Crippen LogP contribution in [0.3, 0.4) is 0 Å². The second-order valence-electron chi connectivity index (χ2n) is 7.20. The van der Waals surface area contributed by atoms with E-state index >= 15 is 0 Å². The van der Waals surface area contributed by atoms with E-state index in [1.54, 1.807) is 24.3 Å². The van der Waals surface area contributed by atoms with Crippen molar-refractivity contribution in [2.75, 3.05) is 18.2 Å². The highest BCUT2D eigenvalue weighted by Crippen LogP contribution is 2.41. The van der Waals surface area contributed by atoms with Gasteiger partial charge in [0, 0.05) is 11.6 Å². The molecule has 9 heteroatoms. The van der Waals surface area contributed by atoms with E-state index in [4.69, 9.17) is 21.1 Å². The second-order valence-corrected chi connectivity index (χ2v) is 8.58. The van der Waals surface area contributed by atoms with Crippen LogP contribution in [-0.2, 0) is 25.7 Å². The minimum Gasteiger partial charge on any atom is -0.484 e. The van der Waals surface area contributed by atoms with Crippen LogP contribution in [-0.4, -0.2) is 52.3 Å². The number of esters is 1. The standard InChI is InChI=1S/C23H21ClN2O5S/c24-11-16-14-32-22-19(25-18(27)13-30-17-9-5-2-6-10-17)21(28)26(22)20(16)23(29)31-12-15-7-3-1-4-8-15/h1-10,19,22H,11-14H2,(H,25,27)/t19-,22-/m1/s1. The maximum Gasteiger partial charge on any atom is 0.355 e. The number of halogens is 1. The summed E-state index contributed by atoms with van der Waals surface area (Å²) < 4.78 is 10.9. The Labute approximate surface area is 194 Å². The lowest BCUT2D eigenvalue weighted by molar-refractivity contribution is -0.153. The number of fused-ring (bicyclic) bond motifs is 1. The van der Waals surface area contributed by atoms with Crippen LogP contribution in [0.4, 0.5) is 0 Å². The van der Waals surface area contributed by atoms with E-state index in [1.807, 2.05) is 36.4 Å². The quantitative estimate of drug-likeness (QED) is 0.361. The molecule has 0 aliphatic carbocycles. The fourth-order valence-electron chi connectivity index (χ4n) is 3.45. The molecule has 2 amide bonds. The predicted molar refractivity (Wildman–Crippen MR) is 121 cm³/mol. The van der Waals surface area contributed by atoms with Crippen molar-refractivity contribution in [1.29, 1.82) is 0 Å². The van der Waals surface area contributed by atoms with Crippen LogP contribution in [0.25, 0.3) is 0 Å². The number of carbonyl (C=O) groups excluding carboxylic acids is 3. The van der Waals surface area contributed by atoms with Gasteiger partial charge in [-0.15, -0.1) is 23.4 Å². The Morgan fingerprint density at radius 3 is 2.47 bits per heavy atom. The largest absolute Gasteiger partial charge is 0.484 e. The molecule has 2 aromatic carbocycles. The van der Waals surface area contributed by atoms with Crippen LogP contribution >= 0.6 is 23.4 Å². The van der Waals surface area contributed by atoms with Crippen LogP contribution < -0.4 is 10.1 Å². The third kappa shape index (κ3) is 4.76. The molecule has 4 rings (SSSR count). The van der Waals surface area contributed by atoms with Crippen molar-refractivity contribution in [2.45, 2.75) is 18.0 Å². The monoisotopic (exact) mass is 472 g/mol. The maximum atomic E-state index is 12.8. The molecule has 0 unspecified atom stereocenters. The SMILES string of the molecule is O=C(COc1ccccc1)N[C@@H]1C(=O)N2C(C(=O)OCc3ccccc3)=C(CCl)CS[C@H]12. The molecule has 0 spiro atoms. The highest BCUT2D eigenvalue weighted by Gasteiger charge is 2.54. The molecule has 2 aliphatic rings. The Morgan fingerprint density at radius 1 is 1.09 bits per heavy atom. The maximum absolute atomic E-state index is 12.8. The molecular weight excluding hydrogens is 452 g/mol. The first-order valence-corrected chi connectivity index (χ1v) is 11.6. The molecule has 2 aliphatic heterocycles. The van der Waals surface area contributed by atoms with Gasteiger partial charge in [0.25, 0.3) is 11.8 Å². The van der Waals surface area contributed by atoms with Crippen molar-refractivity contribution in [2.24, 2.45) is 0 Å². The van der Waals surface area contributed by atoms with Crippen LogP contribution in [0.5, 0.6) is 5.75 Å². The molecule has 1 saturated heterocycles. The van der Waals surface area contributed by atoms with E-state index in [0.29, 0.717) is 17.1 Å². The Balaban J connectivity index is 1.38. The fourth-order valence-corrected chi connectivity index (χ4v) is 5.13. The minimum atomic E-state index is -0.735. The molecule has 1 fully saturated rings. The summed E-state index contributed by atoms with van der Waals surface area (Å²) in [6, 6.07) is 17.5. The van der Waals surface area contributed by atoms with Crippen LogP contribution in [0.2, 0.25) is 0 Å². The number of β-lactam (4-membered cyclic amide) rings is 1. The lowest BCUT2D eigenvalue weighted by Crippen LogP contribution is -2.71. The number of nitrogens with one attached hydrogen (secondary N) is 1. The zero-order valence-corrected chi connectivity index (χ0v) is 18.6. The molecule has 0 bridgehead atoms.